The molecule has 0 heterocycles. The highest BCUT2D eigenvalue weighted by atomic mass is 15.1. The van der Waals surface area contributed by atoms with E-state index in [2.05, 4.69) is 172 Å². The van der Waals surface area contributed by atoms with Gasteiger partial charge in [0.15, 0.2) is 0 Å². The van der Waals surface area contributed by atoms with Crippen molar-refractivity contribution in [2.45, 2.75) is 64.2 Å². The molecule has 2 fully saturated rings. The van der Waals surface area contributed by atoms with E-state index < -0.39 is 0 Å². The van der Waals surface area contributed by atoms with Gasteiger partial charge in [0.05, 0.1) is 11.4 Å². The number of fused-ring (bicyclic) bond motifs is 11. The quantitative estimate of drug-likeness (QED) is 0.182. The molecular weight excluding hydrogens is 615 g/mol. The van der Waals surface area contributed by atoms with E-state index in [4.69, 9.17) is 0 Å². The highest BCUT2D eigenvalue weighted by Gasteiger charge is 2.57. The highest BCUT2D eigenvalue weighted by Crippen LogP contribution is 2.66. The fourth-order valence-electron chi connectivity index (χ4n) is 11.7. The Morgan fingerprint density at radius 1 is 0.510 bits per heavy atom. The number of hydrogen-bond donors (Lipinski definition) is 0. The van der Waals surface area contributed by atoms with Crippen LogP contribution in [0.3, 0.4) is 0 Å². The summed E-state index contributed by atoms with van der Waals surface area (Å²) in [5.41, 5.74) is 17.7. The third-order valence-electron chi connectivity index (χ3n) is 13.6. The van der Waals surface area contributed by atoms with Crippen LogP contribution in [0.1, 0.15) is 75.6 Å². The van der Waals surface area contributed by atoms with Crippen LogP contribution in [0.25, 0.3) is 33.4 Å². The summed E-state index contributed by atoms with van der Waals surface area (Å²) in [6.07, 6.45) is 5.39. The Morgan fingerprint density at radius 2 is 1.16 bits per heavy atom. The van der Waals surface area contributed by atoms with Crippen LogP contribution in [0.4, 0.5) is 17.1 Å². The molecule has 5 unspecified atom stereocenters. The molecule has 6 aromatic carbocycles. The first-order valence-corrected chi connectivity index (χ1v) is 19.3. The van der Waals surface area contributed by atoms with E-state index in [1.165, 1.54) is 87.3 Å². The average Bonchev–Trinajstić information content (AvgIpc) is 3.58. The van der Waals surface area contributed by atoms with Crippen molar-refractivity contribution in [3.63, 3.8) is 0 Å². The molecule has 1 spiro atoms. The molecule has 5 atom stereocenters. The van der Waals surface area contributed by atoms with E-state index in [1.807, 2.05) is 0 Å². The first-order valence-electron chi connectivity index (χ1n) is 19.3. The zero-order valence-electron chi connectivity index (χ0n) is 30.4. The van der Waals surface area contributed by atoms with Crippen LogP contribution < -0.4 is 4.90 Å². The zero-order valence-corrected chi connectivity index (χ0v) is 30.4. The van der Waals surface area contributed by atoms with Gasteiger partial charge in [-0.05, 0) is 118 Å². The van der Waals surface area contributed by atoms with E-state index in [0.717, 1.165) is 11.8 Å². The third-order valence-corrected chi connectivity index (χ3v) is 13.6. The summed E-state index contributed by atoms with van der Waals surface area (Å²) in [4.78, 5) is 2.61. The Labute approximate surface area is 304 Å². The molecule has 0 saturated heterocycles. The Balaban J connectivity index is 1.25. The number of hydrogen-bond acceptors (Lipinski definition) is 1. The number of anilines is 3. The van der Waals surface area contributed by atoms with E-state index in [9.17, 15) is 0 Å². The van der Waals surface area contributed by atoms with Crippen molar-refractivity contribution in [2.75, 3.05) is 4.90 Å². The number of para-hydroxylation sites is 1. The van der Waals surface area contributed by atoms with Crippen molar-refractivity contribution in [1.29, 1.82) is 0 Å². The maximum atomic E-state index is 2.61. The summed E-state index contributed by atoms with van der Waals surface area (Å²) >= 11 is 0. The minimum absolute atomic E-state index is 0.0410. The molecule has 0 aliphatic heterocycles. The fourth-order valence-corrected chi connectivity index (χ4v) is 11.7. The van der Waals surface area contributed by atoms with E-state index >= 15 is 0 Å². The second-order valence-electron chi connectivity index (χ2n) is 16.7. The molecule has 2 saturated carbocycles. The molecule has 0 N–H and O–H groups in total. The van der Waals surface area contributed by atoms with Gasteiger partial charge in [-0.15, -0.1) is 0 Å². The van der Waals surface area contributed by atoms with Gasteiger partial charge in [-0.2, -0.15) is 0 Å². The zero-order chi connectivity index (χ0) is 34.5. The smallest absolute Gasteiger partial charge is 0.0543 e. The van der Waals surface area contributed by atoms with Gasteiger partial charge in [0.2, 0.25) is 0 Å². The largest absolute Gasteiger partial charge is 0.309 e. The average molecular weight is 662 g/mol. The summed E-state index contributed by atoms with van der Waals surface area (Å²) in [6.45, 7) is 9.88. The molecule has 4 aliphatic carbocycles. The topological polar surface area (TPSA) is 3.24 Å². The second kappa shape index (κ2) is 11.3. The summed E-state index contributed by atoms with van der Waals surface area (Å²) in [7, 11) is 0. The number of nitrogens with zero attached hydrogens (tertiary/aromatic N) is 1. The molecule has 0 amide bonds. The van der Waals surface area contributed by atoms with Gasteiger partial charge in [0, 0.05) is 27.6 Å². The Hall–Kier alpha value is -4.88. The van der Waals surface area contributed by atoms with Gasteiger partial charge in [-0.3, -0.25) is 0 Å². The lowest BCUT2D eigenvalue weighted by Crippen LogP contribution is -2.49. The molecule has 1 heteroatoms. The Morgan fingerprint density at radius 3 is 1.98 bits per heavy atom. The maximum Gasteiger partial charge on any atom is 0.0543 e. The van der Waals surface area contributed by atoms with Crippen LogP contribution in [-0.2, 0) is 10.8 Å². The summed E-state index contributed by atoms with van der Waals surface area (Å²) in [5.74, 6) is 2.89. The predicted molar refractivity (Wildman–Crippen MR) is 214 cm³/mol. The first-order chi connectivity index (χ1) is 24.9. The molecule has 6 aromatic rings. The van der Waals surface area contributed by atoms with Gasteiger partial charge in [-0.1, -0.05) is 143 Å². The van der Waals surface area contributed by atoms with Gasteiger partial charge >= 0.3 is 0 Å². The van der Waals surface area contributed by atoms with Crippen LogP contribution in [0.5, 0.6) is 0 Å². The summed E-state index contributed by atoms with van der Waals surface area (Å²) in [5, 5.41) is 0. The van der Waals surface area contributed by atoms with Crippen molar-refractivity contribution in [3.05, 3.63) is 162 Å². The Bertz CT molecular complexity index is 2310. The van der Waals surface area contributed by atoms with Gasteiger partial charge < -0.3 is 4.90 Å². The fraction of sp³-hybridized carbons (Fsp3) is 0.280. The van der Waals surface area contributed by atoms with Crippen LogP contribution in [0.2, 0.25) is 0 Å². The molecule has 1 nitrogen and oxygen atoms in total. The van der Waals surface area contributed by atoms with Crippen molar-refractivity contribution in [3.8, 4) is 33.4 Å². The molecule has 0 radical (unpaired) electrons. The highest BCUT2D eigenvalue weighted by molar-refractivity contribution is 5.98. The lowest BCUT2D eigenvalue weighted by atomic mass is 9.49. The minimum atomic E-state index is -0.0897. The lowest BCUT2D eigenvalue weighted by molar-refractivity contribution is 0.0426. The molecule has 4 aliphatic rings. The van der Waals surface area contributed by atoms with E-state index in [-0.39, 0.29) is 10.8 Å². The first kappa shape index (κ1) is 30.9. The van der Waals surface area contributed by atoms with E-state index in [1.54, 1.807) is 11.1 Å². The SMILES string of the molecule is CC1CC2CC(C)C3(c4ccccc4-c4c(N(c5ccc6c(c5)C(C)(C)c5ccccc5-6)c5ccccc5-c5ccccc5)cccc43)C(C1)C2. The van der Waals surface area contributed by atoms with Gasteiger partial charge in [0.25, 0.3) is 0 Å². The molecule has 51 heavy (non-hydrogen) atoms. The van der Waals surface area contributed by atoms with E-state index in [0.29, 0.717) is 11.8 Å². The van der Waals surface area contributed by atoms with Crippen LogP contribution in [-0.4, -0.2) is 0 Å². The maximum absolute atomic E-state index is 2.61. The normalized spacial score (nSPS) is 24.8. The lowest BCUT2D eigenvalue weighted by Gasteiger charge is -2.54. The number of rotatable bonds is 4. The minimum Gasteiger partial charge on any atom is -0.309 e. The molecule has 0 aromatic heterocycles. The summed E-state index contributed by atoms with van der Waals surface area (Å²) < 4.78 is 0. The molecule has 2 bridgehead atoms. The summed E-state index contributed by atoms with van der Waals surface area (Å²) in [6, 6.07) is 53.1. The molecule has 10 rings (SSSR count). The van der Waals surface area contributed by atoms with Gasteiger partial charge in [0.1, 0.15) is 0 Å². The van der Waals surface area contributed by atoms with Crippen LogP contribution in [0.15, 0.2) is 140 Å². The van der Waals surface area contributed by atoms with Crippen molar-refractivity contribution in [2.24, 2.45) is 23.7 Å². The standard InChI is InChI=1S/C50H47N/c1-32-27-34-29-33(2)50(36(28-32)30-34)43-21-12-9-19-41(43)48-44(50)22-14-24-47(48)51(46-23-13-10-17-38(46)35-15-6-5-7-16-35)37-25-26-40-39-18-8-11-20-42(39)49(3,4)45(40)31-37/h5-26,31-34,36H,27-30H2,1-4H3. The third kappa shape index (κ3) is 4.33. The number of benzene rings is 6. The van der Waals surface area contributed by atoms with Crippen molar-refractivity contribution >= 4 is 17.1 Å². The second-order valence-corrected chi connectivity index (χ2v) is 16.7. The van der Waals surface area contributed by atoms with Gasteiger partial charge in [-0.25, -0.2) is 0 Å². The predicted octanol–water partition coefficient (Wildman–Crippen LogP) is 13.5. The van der Waals surface area contributed by atoms with Crippen molar-refractivity contribution < 1.29 is 0 Å². The molecule has 252 valence electrons. The van der Waals surface area contributed by atoms with Crippen LogP contribution in [0, 0.1) is 23.7 Å². The van der Waals surface area contributed by atoms with Crippen LogP contribution >= 0.6 is 0 Å². The van der Waals surface area contributed by atoms with Crippen molar-refractivity contribution in [1.82, 2.24) is 0 Å². The Kier molecular flexibility index (Phi) is 6.85. The monoisotopic (exact) mass is 661 g/mol. The molecular formula is C50H47N.